The maximum Gasteiger partial charge on any atom is 0.256 e. The van der Waals surface area contributed by atoms with Gasteiger partial charge < -0.3 is 26.4 Å². The Morgan fingerprint density at radius 3 is 2.45 bits per heavy atom. The Morgan fingerprint density at radius 1 is 1.20 bits per heavy atom. The summed E-state index contributed by atoms with van der Waals surface area (Å²) in [6.45, 7) is 1.86. The van der Waals surface area contributed by atoms with E-state index in [1.54, 1.807) is 17.0 Å². The normalized spacial score (nSPS) is 24.2. The molecule has 1 atom stereocenters. The van der Waals surface area contributed by atoms with Gasteiger partial charge in [0.2, 0.25) is 0 Å². The molecule has 0 aromatic heterocycles. The summed E-state index contributed by atoms with van der Waals surface area (Å²) in [6.07, 6.45) is 0.838. The molecule has 0 saturated carbocycles. The van der Waals surface area contributed by atoms with Gasteiger partial charge in [-0.15, -0.1) is 0 Å². The molecule has 3 rings (SSSR count). The number of likely N-dealkylation sites (tertiary alicyclic amines) is 1. The fourth-order valence-electron chi connectivity index (χ4n) is 3.09. The molecule has 1 unspecified atom stereocenters. The van der Waals surface area contributed by atoms with Crippen LogP contribution in [0.25, 0.3) is 0 Å². The molecule has 5 N–H and O–H groups in total. The Bertz CT molecular complexity index is 552. The van der Waals surface area contributed by atoms with Crippen LogP contribution in [0.15, 0.2) is 12.1 Å². The van der Waals surface area contributed by atoms with E-state index in [1.807, 2.05) is 0 Å². The molecule has 0 spiro atoms. The number of nitrogens with two attached hydrogens (primary N) is 2. The fourth-order valence-corrected chi connectivity index (χ4v) is 3.09. The molecule has 6 heteroatoms. The van der Waals surface area contributed by atoms with Crippen LogP contribution in [-0.2, 0) is 0 Å². The van der Waals surface area contributed by atoms with Crippen molar-refractivity contribution in [3.05, 3.63) is 23.3 Å². The van der Waals surface area contributed by atoms with Crippen LogP contribution in [-0.4, -0.2) is 47.0 Å². The van der Waals surface area contributed by atoms with Crippen LogP contribution >= 0.6 is 0 Å². The zero-order valence-corrected chi connectivity index (χ0v) is 11.5. The van der Waals surface area contributed by atoms with Crippen molar-refractivity contribution in [1.82, 2.24) is 9.80 Å². The standard InChI is InChI=1S/C14H20N4O2/c1-17-4-2-8(3-5-17)18-13(19)9-6-11(15)12(16)7-10(9)14(18)20/h6-8,13,19H,2-5,15-16H2,1H3. The van der Waals surface area contributed by atoms with E-state index >= 15 is 0 Å². The summed E-state index contributed by atoms with van der Waals surface area (Å²) in [5.41, 5.74) is 13.4. The molecule has 108 valence electrons. The highest BCUT2D eigenvalue weighted by Crippen LogP contribution is 2.38. The number of carbonyl (C=O) groups is 1. The van der Waals surface area contributed by atoms with E-state index in [2.05, 4.69) is 11.9 Å². The minimum Gasteiger partial charge on any atom is -0.397 e. The van der Waals surface area contributed by atoms with Gasteiger partial charge in [0.15, 0.2) is 6.23 Å². The lowest BCUT2D eigenvalue weighted by molar-refractivity contribution is -0.0155. The predicted octanol–water partition coefficient (Wildman–Crippen LogP) is 0.392. The molecule has 1 saturated heterocycles. The zero-order valence-electron chi connectivity index (χ0n) is 11.5. The summed E-state index contributed by atoms with van der Waals surface area (Å²) in [5.74, 6) is -0.145. The molecule has 1 aromatic carbocycles. The summed E-state index contributed by atoms with van der Waals surface area (Å²) < 4.78 is 0. The minimum absolute atomic E-state index is 0.0727. The largest absolute Gasteiger partial charge is 0.397 e. The Hall–Kier alpha value is -1.79. The summed E-state index contributed by atoms with van der Waals surface area (Å²) in [5, 5.41) is 10.4. The third-order valence-corrected chi connectivity index (χ3v) is 4.34. The maximum absolute atomic E-state index is 12.5. The Labute approximate surface area is 117 Å². The first-order valence-corrected chi connectivity index (χ1v) is 6.87. The van der Waals surface area contributed by atoms with Gasteiger partial charge >= 0.3 is 0 Å². The predicted molar refractivity (Wildman–Crippen MR) is 76.9 cm³/mol. The number of hydrogen-bond acceptors (Lipinski definition) is 5. The highest BCUT2D eigenvalue weighted by Gasteiger charge is 2.40. The third kappa shape index (κ3) is 1.92. The van der Waals surface area contributed by atoms with E-state index in [9.17, 15) is 9.90 Å². The van der Waals surface area contributed by atoms with E-state index in [0.717, 1.165) is 25.9 Å². The Kier molecular flexibility index (Phi) is 3.07. The number of nitrogen functional groups attached to an aromatic ring is 2. The molecule has 0 aliphatic carbocycles. The van der Waals surface area contributed by atoms with Gasteiger partial charge in [-0.05, 0) is 45.1 Å². The molecule has 1 fully saturated rings. The van der Waals surface area contributed by atoms with E-state index in [0.29, 0.717) is 22.5 Å². The highest BCUT2D eigenvalue weighted by molar-refractivity contribution is 6.01. The number of aliphatic hydroxyl groups is 1. The molecule has 0 bridgehead atoms. The number of rotatable bonds is 1. The van der Waals surface area contributed by atoms with Crippen LogP contribution in [0.1, 0.15) is 35.0 Å². The molecule has 20 heavy (non-hydrogen) atoms. The van der Waals surface area contributed by atoms with Crippen molar-refractivity contribution in [3.63, 3.8) is 0 Å². The second-order valence-corrected chi connectivity index (χ2v) is 5.69. The van der Waals surface area contributed by atoms with E-state index in [-0.39, 0.29) is 11.9 Å². The number of anilines is 2. The molecular formula is C14H20N4O2. The SMILES string of the molecule is CN1CCC(N2C(=O)c3cc(N)c(N)cc3C2O)CC1. The Morgan fingerprint density at radius 2 is 1.80 bits per heavy atom. The van der Waals surface area contributed by atoms with Crippen molar-refractivity contribution in [2.24, 2.45) is 0 Å². The lowest BCUT2D eigenvalue weighted by atomic mass is 10.0. The molecular weight excluding hydrogens is 256 g/mol. The van der Waals surface area contributed by atoms with Gasteiger partial charge in [0.05, 0.1) is 11.4 Å². The van der Waals surface area contributed by atoms with Crippen molar-refractivity contribution in [2.75, 3.05) is 31.6 Å². The molecule has 6 nitrogen and oxygen atoms in total. The molecule has 2 aliphatic heterocycles. The lowest BCUT2D eigenvalue weighted by Crippen LogP contribution is -2.45. The average Bonchev–Trinajstić information content (AvgIpc) is 2.65. The van der Waals surface area contributed by atoms with Gasteiger partial charge in [0, 0.05) is 17.2 Å². The first-order valence-electron chi connectivity index (χ1n) is 6.87. The van der Waals surface area contributed by atoms with E-state index < -0.39 is 6.23 Å². The summed E-state index contributed by atoms with van der Waals surface area (Å²) >= 11 is 0. The van der Waals surface area contributed by atoms with Gasteiger partial charge in [0.1, 0.15) is 0 Å². The van der Waals surface area contributed by atoms with Gasteiger partial charge in [-0.2, -0.15) is 0 Å². The number of nitrogens with zero attached hydrogens (tertiary/aromatic N) is 2. The highest BCUT2D eigenvalue weighted by atomic mass is 16.3. The summed E-state index contributed by atoms with van der Waals surface area (Å²) in [7, 11) is 2.06. The fraction of sp³-hybridized carbons (Fsp3) is 0.500. The molecule has 2 aliphatic rings. The third-order valence-electron chi connectivity index (χ3n) is 4.34. The van der Waals surface area contributed by atoms with E-state index in [1.165, 1.54) is 0 Å². The molecule has 1 amide bonds. The lowest BCUT2D eigenvalue weighted by Gasteiger charge is -2.36. The minimum atomic E-state index is -0.909. The number of hydrogen-bond donors (Lipinski definition) is 3. The van der Waals surface area contributed by atoms with Crippen molar-refractivity contribution in [2.45, 2.75) is 25.1 Å². The van der Waals surface area contributed by atoms with Crippen LogP contribution in [0.5, 0.6) is 0 Å². The van der Waals surface area contributed by atoms with Crippen molar-refractivity contribution < 1.29 is 9.90 Å². The summed E-state index contributed by atoms with van der Waals surface area (Å²) in [4.78, 5) is 16.3. The van der Waals surface area contributed by atoms with Crippen molar-refractivity contribution in [3.8, 4) is 0 Å². The molecule has 1 aromatic rings. The summed E-state index contributed by atoms with van der Waals surface area (Å²) in [6, 6.07) is 3.26. The number of benzene rings is 1. The first kappa shape index (κ1) is 13.2. The Balaban J connectivity index is 1.91. The topological polar surface area (TPSA) is 95.8 Å². The quantitative estimate of drug-likeness (QED) is 0.645. The maximum atomic E-state index is 12.5. The number of piperidine rings is 1. The van der Waals surface area contributed by atoms with Crippen molar-refractivity contribution >= 4 is 17.3 Å². The smallest absolute Gasteiger partial charge is 0.256 e. The van der Waals surface area contributed by atoms with Crippen LogP contribution < -0.4 is 11.5 Å². The van der Waals surface area contributed by atoms with Gasteiger partial charge in [-0.25, -0.2) is 0 Å². The second-order valence-electron chi connectivity index (χ2n) is 5.69. The van der Waals surface area contributed by atoms with Gasteiger partial charge in [0.25, 0.3) is 5.91 Å². The number of fused-ring (bicyclic) bond motifs is 1. The van der Waals surface area contributed by atoms with Crippen LogP contribution in [0.2, 0.25) is 0 Å². The average molecular weight is 276 g/mol. The number of aliphatic hydroxyl groups excluding tert-OH is 1. The van der Waals surface area contributed by atoms with Crippen LogP contribution in [0.3, 0.4) is 0 Å². The van der Waals surface area contributed by atoms with E-state index in [4.69, 9.17) is 11.5 Å². The zero-order chi connectivity index (χ0) is 14.4. The molecule has 0 radical (unpaired) electrons. The number of amides is 1. The number of carbonyl (C=O) groups excluding carboxylic acids is 1. The monoisotopic (exact) mass is 276 g/mol. The second kappa shape index (κ2) is 4.64. The first-order chi connectivity index (χ1) is 9.49. The molecule has 2 heterocycles. The van der Waals surface area contributed by atoms with Gasteiger partial charge in [-0.3, -0.25) is 4.79 Å². The van der Waals surface area contributed by atoms with Crippen molar-refractivity contribution in [1.29, 1.82) is 0 Å². The van der Waals surface area contributed by atoms with Crippen LogP contribution in [0, 0.1) is 0 Å². The van der Waals surface area contributed by atoms with Gasteiger partial charge in [-0.1, -0.05) is 0 Å². The van der Waals surface area contributed by atoms with Crippen LogP contribution in [0.4, 0.5) is 11.4 Å².